The van der Waals surface area contributed by atoms with Crippen LogP contribution in [0.3, 0.4) is 0 Å². The van der Waals surface area contributed by atoms with Crippen LogP contribution in [0.15, 0.2) is 0 Å². The second-order valence-corrected chi connectivity index (χ2v) is 4.01. The van der Waals surface area contributed by atoms with Gasteiger partial charge < -0.3 is 0 Å². The third-order valence-corrected chi connectivity index (χ3v) is 3.61. The Labute approximate surface area is 82.9 Å². The maximum Gasteiger partial charge on any atom is 0.141 e. The zero-order valence-corrected chi connectivity index (χ0v) is 9.81. The molecule has 0 saturated carbocycles. The largest absolute Gasteiger partial charge is 0.299 e. The van der Waals surface area contributed by atoms with Crippen molar-refractivity contribution in [3.05, 3.63) is 0 Å². The molecule has 1 atom stereocenters. The van der Waals surface area contributed by atoms with Gasteiger partial charge in [0.15, 0.2) is 0 Å². The van der Waals surface area contributed by atoms with Crippen LogP contribution < -0.4 is 0 Å². The van der Waals surface area contributed by atoms with Crippen molar-refractivity contribution in [3.8, 4) is 0 Å². The molecule has 0 N–H and O–H groups in total. The fourth-order valence-electron chi connectivity index (χ4n) is 1.98. The van der Waals surface area contributed by atoms with E-state index in [1.165, 1.54) is 0 Å². The zero-order chi connectivity index (χ0) is 10.5. The van der Waals surface area contributed by atoms with E-state index in [-0.39, 0.29) is 11.3 Å². The van der Waals surface area contributed by atoms with E-state index in [1.807, 2.05) is 0 Å². The normalized spacial score (nSPS) is 14.2. The first kappa shape index (κ1) is 12.7. The van der Waals surface area contributed by atoms with Gasteiger partial charge in [-0.2, -0.15) is 0 Å². The molecular weight excluding hydrogens is 160 g/mol. The van der Waals surface area contributed by atoms with Gasteiger partial charge in [-0.05, 0) is 25.7 Å². The number of Topliss-reactive ketones (excluding diaryl/α,β-unsaturated/α-hetero) is 1. The predicted octanol–water partition coefficient (Wildman–Crippen LogP) is 3.82. The molecule has 0 aromatic rings. The molecule has 0 aromatic carbocycles. The van der Waals surface area contributed by atoms with Crippen LogP contribution in [-0.4, -0.2) is 5.78 Å². The number of rotatable bonds is 6. The quantitative estimate of drug-likeness (QED) is 0.613. The third-order valence-electron chi connectivity index (χ3n) is 3.61. The highest BCUT2D eigenvalue weighted by Crippen LogP contribution is 2.34. The van der Waals surface area contributed by atoms with Crippen LogP contribution in [-0.2, 0) is 4.79 Å². The van der Waals surface area contributed by atoms with Crippen LogP contribution in [0.25, 0.3) is 0 Å². The summed E-state index contributed by atoms with van der Waals surface area (Å²) >= 11 is 0. The molecule has 1 unspecified atom stereocenters. The summed E-state index contributed by atoms with van der Waals surface area (Å²) in [5, 5.41) is 0. The van der Waals surface area contributed by atoms with Crippen molar-refractivity contribution < 1.29 is 4.79 Å². The summed E-state index contributed by atoms with van der Waals surface area (Å²) < 4.78 is 0. The van der Waals surface area contributed by atoms with Crippen molar-refractivity contribution in [1.29, 1.82) is 0 Å². The molecule has 0 aliphatic rings. The van der Waals surface area contributed by atoms with E-state index < -0.39 is 0 Å². The Morgan fingerprint density at radius 3 is 1.69 bits per heavy atom. The van der Waals surface area contributed by atoms with Gasteiger partial charge in [-0.3, -0.25) is 4.79 Å². The fraction of sp³-hybridized carbons (Fsp3) is 0.917. The summed E-state index contributed by atoms with van der Waals surface area (Å²) in [6, 6.07) is 0. The number of hydrogen-bond acceptors (Lipinski definition) is 1. The molecule has 1 heteroatoms. The molecule has 78 valence electrons. The minimum atomic E-state index is -0.0323. The van der Waals surface area contributed by atoms with Crippen LogP contribution >= 0.6 is 0 Å². The Bertz CT molecular complexity index is 148. The van der Waals surface area contributed by atoms with Crippen molar-refractivity contribution in [2.75, 3.05) is 0 Å². The smallest absolute Gasteiger partial charge is 0.141 e. The number of hydrogen-bond donors (Lipinski definition) is 0. The van der Waals surface area contributed by atoms with Crippen molar-refractivity contribution in [3.63, 3.8) is 0 Å². The average molecular weight is 184 g/mol. The van der Waals surface area contributed by atoms with E-state index in [1.54, 1.807) is 0 Å². The number of ketones is 1. The summed E-state index contributed by atoms with van der Waals surface area (Å²) in [6.07, 6.45) is 3.94. The van der Waals surface area contributed by atoms with Crippen LogP contribution in [0.2, 0.25) is 0 Å². The van der Waals surface area contributed by atoms with Gasteiger partial charge >= 0.3 is 0 Å². The Morgan fingerprint density at radius 1 is 1.08 bits per heavy atom. The van der Waals surface area contributed by atoms with Crippen LogP contribution in [0.5, 0.6) is 0 Å². The highest BCUT2D eigenvalue weighted by atomic mass is 16.1. The Kier molecular flexibility index (Phi) is 5.27. The highest BCUT2D eigenvalue weighted by Gasteiger charge is 2.34. The van der Waals surface area contributed by atoms with Gasteiger partial charge in [0.25, 0.3) is 0 Å². The van der Waals surface area contributed by atoms with Crippen LogP contribution in [0, 0.1) is 11.3 Å². The molecular formula is C12H24O. The highest BCUT2D eigenvalue weighted by molar-refractivity contribution is 5.86. The third kappa shape index (κ3) is 2.55. The summed E-state index contributed by atoms with van der Waals surface area (Å²) in [6.45, 7) is 10.5. The molecule has 0 aliphatic carbocycles. The van der Waals surface area contributed by atoms with E-state index in [4.69, 9.17) is 0 Å². The first-order chi connectivity index (χ1) is 6.07. The Balaban J connectivity index is 4.63. The lowest BCUT2D eigenvalue weighted by Crippen LogP contribution is -2.33. The van der Waals surface area contributed by atoms with Crippen molar-refractivity contribution >= 4 is 5.78 Å². The number of carbonyl (C=O) groups is 1. The molecule has 0 bridgehead atoms. The molecule has 1 nitrogen and oxygen atoms in total. The van der Waals surface area contributed by atoms with E-state index >= 15 is 0 Å². The molecule has 0 aliphatic heterocycles. The molecule has 0 amide bonds. The molecule has 0 saturated heterocycles. The van der Waals surface area contributed by atoms with E-state index in [0.717, 1.165) is 25.7 Å². The summed E-state index contributed by atoms with van der Waals surface area (Å²) in [5.41, 5.74) is -0.0323. The first-order valence-electron chi connectivity index (χ1n) is 5.62. The van der Waals surface area contributed by atoms with Gasteiger partial charge in [0.1, 0.15) is 5.78 Å². The maximum atomic E-state index is 12.1. The molecule has 0 radical (unpaired) electrons. The summed E-state index contributed by atoms with van der Waals surface area (Å²) in [4.78, 5) is 12.1. The first-order valence-corrected chi connectivity index (χ1v) is 5.62. The minimum absolute atomic E-state index is 0.0323. The Hall–Kier alpha value is -0.330. The second kappa shape index (κ2) is 5.41. The van der Waals surface area contributed by atoms with Gasteiger partial charge in [0.2, 0.25) is 0 Å². The predicted molar refractivity (Wildman–Crippen MR) is 57.8 cm³/mol. The summed E-state index contributed by atoms with van der Waals surface area (Å²) in [7, 11) is 0. The van der Waals surface area contributed by atoms with Gasteiger partial charge in [0, 0.05) is 11.3 Å². The van der Waals surface area contributed by atoms with Crippen LogP contribution in [0.1, 0.15) is 60.3 Å². The lowest BCUT2D eigenvalue weighted by atomic mass is 9.72. The van der Waals surface area contributed by atoms with Crippen molar-refractivity contribution in [2.24, 2.45) is 11.3 Å². The summed E-state index contributed by atoms with van der Waals surface area (Å²) in [5.74, 6) is 0.711. The number of carbonyl (C=O) groups excluding carboxylic acids is 1. The molecule has 13 heavy (non-hydrogen) atoms. The lowest BCUT2D eigenvalue weighted by molar-refractivity contribution is -0.133. The minimum Gasteiger partial charge on any atom is -0.299 e. The lowest BCUT2D eigenvalue weighted by Gasteiger charge is -2.31. The average Bonchev–Trinajstić information content (AvgIpc) is 2.20. The van der Waals surface area contributed by atoms with Crippen molar-refractivity contribution in [1.82, 2.24) is 0 Å². The maximum absolute atomic E-state index is 12.1. The van der Waals surface area contributed by atoms with Gasteiger partial charge in [0.05, 0.1) is 0 Å². The topological polar surface area (TPSA) is 17.1 Å². The van der Waals surface area contributed by atoms with Gasteiger partial charge in [-0.25, -0.2) is 0 Å². The monoisotopic (exact) mass is 184 g/mol. The molecule has 0 aromatic heterocycles. The van der Waals surface area contributed by atoms with E-state index in [9.17, 15) is 4.79 Å². The van der Waals surface area contributed by atoms with Crippen LogP contribution in [0.4, 0.5) is 0 Å². The molecule has 0 spiro atoms. The van der Waals surface area contributed by atoms with Gasteiger partial charge in [-0.1, -0.05) is 34.6 Å². The van der Waals surface area contributed by atoms with E-state index in [0.29, 0.717) is 5.78 Å². The SMILES string of the molecule is CCC(C)C(=O)C(CC)(CC)CC. The molecule has 0 rings (SSSR count). The Morgan fingerprint density at radius 2 is 1.46 bits per heavy atom. The second-order valence-electron chi connectivity index (χ2n) is 4.01. The zero-order valence-electron chi connectivity index (χ0n) is 9.81. The van der Waals surface area contributed by atoms with Gasteiger partial charge in [-0.15, -0.1) is 0 Å². The van der Waals surface area contributed by atoms with Crippen molar-refractivity contribution in [2.45, 2.75) is 60.3 Å². The molecule has 0 fully saturated rings. The fourth-order valence-corrected chi connectivity index (χ4v) is 1.98. The standard InChI is InChI=1S/C12H24O/c1-6-10(5)11(13)12(7-2,8-3)9-4/h10H,6-9H2,1-5H3. The molecule has 0 heterocycles. The van der Waals surface area contributed by atoms with E-state index in [2.05, 4.69) is 34.6 Å².